The Labute approximate surface area is 135 Å². The van der Waals surface area contributed by atoms with Crippen molar-refractivity contribution in [2.75, 3.05) is 19.0 Å². The van der Waals surface area contributed by atoms with Gasteiger partial charge in [0.05, 0.1) is 24.9 Å². The maximum Gasteiger partial charge on any atom is 0.354 e. The number of amides is 1. The van der Waals surface area contributed by atoms with E-state index in [1.54, 1.807) is 17.6 Å². The maximum absolute atomic E-state index is 12.1. The largest absolute Gasteiger partial charge is 0.464 e. The number of methoxy groups -OCH3 is 1. The SMILES string of the molecule is COC(=O)c1cc(-c2csc(NC(=O)C3CC(O)CN3)n2)c[nH]1. The molecule has 0 radical (unpaired) electrons. The Morgan fingerprint density at radius 3 is 3.04 bits per heavy atom. The molecule has 2 unspecified atom stereocenters. The molecule has 0 aromatic carbocycles. The van der Waals surface area contributed by atoms with Crippen LogP contribution in [0.4, 0.5) is 5.13 Å². The highest BCUT2D eigenvalue weighted by molar-refractivity contribution is 7.14. The summed E-state index contributed by atoms with van der Waals surface area (Å²) in [4.78, 5) is 30.6. The highest BCUT2D eigenvalue weighted by Gasteiger charge is 2.28. The van der Waals surface area contributed by atoms with Gasteiger partial charge in [0.2, 0.25) is 5.91 Å². The van der Waals surface area contributed by atoms with Crippen molar-refractivity contribution in [3.8, 4) is 11.3 Å². The van der Waals surface area contributed by atoms with Crippen molar-refractivity contribution in [2.24, 2.45) is 0 Å². The molecule has 1 saturated heterocycles. The average Bonchev–Trinajstić information content (AvgIpc) is 3.25. The number of thiazole rings is 1. The van der Waals surface area contributed by atoms with Crippen LogP contribution in [-0.2, 0) is 9.53 Å². The van der Waals surface area contributed by atoms with Crippen LogP contribution < -0.4 is 10.6 Å². The fraction of sp³-hybridized carbons (Fsp3) is 0.357. The van der Waals surface area contributed by atoms with Gasteiger partial charge in [0.25, 0.3) is 0 Å². The lowest BCUT2D eigenvalue weighted by molar-refractivity contribution is -0.117. The second-order valence-corrected chi connectivity index (χ2v) is 6.03. The van der Waals surface area contributed by atoms with Gasteiger partial charge in [-0.15, -0.1) is 11.3 Å². The molecule has 0 bridgehead atoms. The first-order chi connectivity index (χ1) is 11.1. The van der Waals surface area contributed by atoms with Crippen molar-refractivity contribution in [3.05, 3.63) is 23.3 Å². The van der Waals surface area contributed by atoms with Gasteiger partial charge in [-0.1, -0.05) is 0 Å². The van der Waals surface area contributed by atoms with Crippen LogP contribution in [0.3, 0.4) is 0 Å². The van der Waals surface area contributed by atoms with E-state index in [1.165, 1.54) is 18.4 Å². The van der Waals surface area contributed by atoms with Crippen LogP contribution in [0.1, 0.15) is 16.9 Å². The van der Waals surface area contributed by atoms with Crippen molar-refractivity contribution in [3.63, 3.8) is 0 Å². The van der Waals surface area contributed by atoms with E-state index >= 15 is 0 Å². The lowest BCUT2D eigenvalue weighted by Crippen LogP contribution is -2.35. The standard InChI is InChI=1S/C14H16N4O4S/c1-22-13(21)10-2-7(4-15-10)11-6-23-14(17-11)18-12(20)9-3-8(19)5-16-9/h2,4,6,8-9,15-16,19H,3,5H2,1H3,(H,17,18,20). The molecule has 0 aliphatic carbocycles. The lowest BCUT2D eigenvalue weighted by atomic mass is 10.2. The second-order valence-electron chi connectivity index (χ2n) is 5.17. The van der Waals surface area contributed by atoms with Crippen LogP contribution in [0.5, 0.6) is 0 Å². The molecule has 1 amide bonds. The molecule has 2 atom stereocenters. The number of esters is 1. The minimum atomic E-state index is -0.491. The van der Waals surface area contributed by atoms with Crippen molar-refractivity contribution < 1.29 is 19.4 Å². The normalized spacial score (nSPS) is 20.4. The maximum atomic E-state index is 12.1. The number of aromatic amines is 1. The third-order valence-corrected chi connectivity index (χ3v) is 4.30. The third-order valence-electron chi connectivity index (χ3n) is 3.54. The van der Waals surface area contributed by atoms with Gasteiger partial charge >= 0.3 is 5.97 Å². The van der Waals surface area contributed by atoms with Gasteiger partial charge in [-0.25, -0.2) is 9.78 Å². The van der Waals surface area contributed by atoms with E-state index in [9.17, 15) is 14.7 Å². The quantitative estimate of drug-likeness (QED) is 0.607. The molecule has 4 N–H and O–H groups in total. The summed E-state index contributed by atoms with van der Waals surface area (Å²) in [7, 11) is 1.31. The van der Waals surface area contributed by atoms with Gasteiger partial charge in [-0.2, -0.15) is 0 Å². The number of anilines is 1. The highest BCUT2D eigenvalue weighted by atomic mass is 32.1. The topological polar surface area (TPSA) is 116 Å². The second kappa shape index (κ2) is 6.49. The first-order valence-corrected chi connectivity index (χ1v) is 7.89. The Morgan fingerprint density at radius 2 is 2.35 bits per heavy atom. The number of ether oxygens (including phenoxy) is 1. The van der Waals surface area contributed by atoms with Crippen LogP contribution in [0, 0.1) is 0 Å². The van der Waals surface area contributed by atoms with Gasteiger partial charge in [-0.05, 0) is 12.5 Å². The average molecular weight is 336 g/mol. The summed E-state index contributed by atoms with van der Waals surface area (Å²) in [5, 5.41) is 17.4. The van der Waals surface area contributed by atoms with E-state index < -0.39 is 18.1 Å². The number of H-pyrrole nitrogens is 1. The number of aliphatic hydroxyl groups excluding tert-OH is 1. The molecule has 3 rings (SSSR count). The predicted octanol–water partition coefficient (Wildman–Crippen LogP) is 0.586. The van der Waals surface area contributed by atoms with Crippen LogP contribution in [-0.4, -0.2) is 52.8 Å². The van der Waals surface area contributed by atoms with Gasteiger partial charge in [0, 0.05) is 23.7 Å². The van der Waals surface area contributed by atoms with E-state index in [-0.39, 0.29) is 5.91 Å². The molecule has 122 valence electrons. The molecule has 2 aromatic heterocycles. The summed E-state index contributed by atoms with van der Waals surface area (Å²) in [6.45, 7) is 0.418. The molecule has 1 fully saturated rings. The smallest absolute Gasteiger partial charge is 0.354 e. The summed E-state index contributed by atoms with van der Waals surface area (Å²) in [6.07, 6.45) is 1.56. The summed E-state index contributed by atoms with van der Waals surface area (Å²) < 4.78 is 4.64. The molecule has 3 heterocycles. The van der Waals surface area contributed by atoms with Crippen LogP contribution in [0.15, 0.2) is 17.6 Å². The third kappa shape index (κ3) is 3.41. The van der Waals surface area contributed by atoms with E-state index in [4.69, 9.17) is 0 Å². The van der Waals surface area contributed by atoms with Crippen LogP contribution in [0.2, 0.25) is 0 Å². The van der Waals surface area contributed by atoms with Gasteiger partial charge < -0.3 is 25.5 Å². The lowest BCUT2D eigenvalue weighted by Gasteiger charge is -2.08. The summed E-state index contributed by atoms with van der Waals surface area (Å²) >= 11 is 1.29. The minimum absolute atomic E-state index is 0.216. The summed E-state index contributed by atoms with van der Waals surface area (Å²) in [5.74, 6) is -0.669. The zero-order chi connectivity index (χ0) is 16.4. The number of aliphatic hydroxyl groups is 1. The fourth-order valence-electron chi connectivity index (χ4n) is 2.34. The van der Waals surface area contributed by atoms with Crippen molar-refractivity contribution in [2.45, 2.75) is 18.6 Å². The molecule has 0 spiro atoms. The van der Waals surface area contributed by atoms with Gasteiger partial charge in [0.1, 0.15) is 5.69 Å². The molecule has 1 aliphatic rings. The summed E-state index contributed by atoms with van der Waals surface area (Å²) in [6, 6.07) is 1.23. The van der Waals surface area contributed by atoms with Crippen molar-refractivity contribution >= 4 is 28.3 Å². The van der Waals surface area contributed by atoms with Crippen LogP contribution >= 0.6 is 11.3 Å². The molecular weight excluding hydrogens is 320 g/mol. The van der Waals surface area contributed by atoms with E-state index in [0.29, 0.717) is 29.5 Å². The van der Waals surface area contributed by atoms with E-state index in [0.717, 1.165) is 5.56 Å². The Bertz CT molecular complexity index is 726. The predicted molar refractivity (Wildman–Crippen MR) is 84.3 cm³/mol. The van der Waals surface area contributed by atoms with Crippen LogP contribution in [0.25, 0.3) is 11.3 Å². The van der Waals surface area contributed by atoms with Gasteiger partial charge in [0.15, 0.2) is 5.13 Å². The zero-order valence-electron chi connectivity index (χ0n) is 12.3. The number of carbonyl (C=O) groups is 2. The monoisotopic (exact) mass is 336 g/mol. The molecule has 0 saturated carbocycles. The number of hydrogen-bond donors (Lipinski definition) is 4. The number of aromatic nitrogens is 2. The Hall–Kier alpha value is -2.23. The molecule has 9 heteroatoms. The van der Waals surface area contributed by atoms with E-state index in [2.05, 4.69) is 25.3 Å². The fourth-order valence-corrected chi connectivity index (χ4v) is 3.07. The Balaban J connectivity index is 1.67. The first-order valence-electron chi connectivity index (χ1n) is 7.01. The number of carbonyl (C=O) groups excluding carboxylic acids is 2. The number of nitrogens with one attached hydrogen (secondary N) is 3. The van der Waals surface area contributed by atoms with E-state index in [1.807, 2.05) is 0 Å². The molecular formula is C14H16N4O4S. The first kappa shape index (κ1) is 15.7. The van der Waals surface area contributed by atoms with Gasteiger partial charge in [-0.3, -0.25) is 4.79 Å². The Kier molecular flexibility index (Phi) is 4.42. The number of β-amino-alcohol motifs (C(OH)–C–C–N with tert-alkyl or cyclic N) is 1. The molecule has 8 nitrogen and oxygen atoms in total. The Morgan fingerprint density at radius 1 is 1.52 bits per heavy atom. The number of rotatable bonds is 4. The molecule has 23 heavy (non-hydrogen) atoms. The highest BCUT2D eigenvalue weighted by Crippen LogP contribution is 2.26. The minimum Gasteiger partial charge on any atom is -0.464 e. The summed E-state index contributed by atoms with van der Waals surface area (Å²) in [5.41, 5.74) is 1.72. The van der Waals surface area contributed by atoms with Crippen molar-refractivity contribution in [1.29, 1.82) is 0 Å². The molecule has 2 aromatic rings. The number of nitrogens with zero attached hydrogens (tertiary/aromatic N) is 1. The number of hydrogen-bond acceptors (Lipinski definition) is 7. The molecule has 1 aliphatic heterocycles. The zero-order valence-corrected chi connectivity index (χ0v) is 13.1. The van der Waals surface area contributed by atoms with Crippen molar-refractivity contribution in [1.82, 2.24) is 15.3 Å².